The second kappa shape index (κ2) is 8.98. The molecule has 1 saturated heterocycles. The lowest BCUT2D eigenvalue weighted by molar-refractivity contribution is -0.141. The molecule has 6 heteroatoms. The molecule has 2 unspecified atom stereocenters. The number of morpholine rings is 1. The number of aryl methyl sites for hydroxylation is 1. The first-order valence-corrected chi connectivity index (χ1v) is 14.4. The van der Waals surface area contributed by atoms with Crippen LogP contribution in [0.1, 0.15) is 84.3 Å². The van der Waals surface area contributed by atoms with E-state index in [-0.39, 0.29) is 11.8 Å². The van der Waals surface area contributed by atoms with Gasteiger partial charge in [0.15, 0.2) is 0 Å². The van der Waals surface area contributed by atoms with Crippen LogP contribution in [0.4, 0.5) is 0 Å². The van der Waals surface area contributed by atoms with Crippen molar-refractivity contribution >= 4 is 22.8 Å². The molecule has 2 aliphatic carbocycles. The second-order valence-electron chi connectivity index (χ2n) is 11.8. The average Bonchev–Trinajstić information content (AvgIpc) is 3.63. The lowest BCUT2D eigenvalue weighted by Gasteiger charge is -2.31. The summed E-state index contributed by atoms with van der Waals surface area (Å²) in [6.07, 6.45) is 7.88. The molecule has 3 heterocycles. The lowest BCUT2D eigenvalue weighted by atomic mass is 9.81. The predicted molar refractivity (Wildman–Crippen MR) is 147 cm³/mol. The van der Waals surface area contributed by atoms with Crippen molar-refractivity contribution in [1.82, 2.24) is 9.47 Å². The number of hydrogen-bond donors (Lipinski definition) is 1. The summed E-state index contributed by atoms with van der Waals surface area (Å²) in [5, 5.41) is 11.0. The van der Waals surface area contributed by atoms with Crippen LogP contribution in [0.3, 0.4) is 0 Å². The minimum Gasteiger partial charge on any atom is -0.478 e. The number of benzene rings is 2. The molecule has 6 nitrogen and oxygen atoms in total. The Morgan fingerprint density at radius 1 is 1.05 bits per heavy atom. The standard InChI is InChI=1S/C32H36N2O4/c1-2-20-8-10-23-25(16-20)26-18-32(26,31(37)33-12-14-38-15-13-33)19-34-27-17-22(30(35)36)9-11-24(27)28(29(23)34)21-6-4-3-5-7-21/h8-11,16-17,21,26H,2-7,12-15,18-19H2,1H3,(H,35,36). The number of aromatic carboxylic acids is 1. The summed E-state index contributed by atoms with van der Waals surface area (Å²) in [7, 11) is 0. The van der Waals surface area contributed by atoms with Crippen molar-refractivity contribution in [1.29, 1.82) is 0 Å². The summed E-state index contributed by atoms with van der Waals surface area (Å²) in [6, 6.07) is 12.5. The maximum atomic E-state index is 14.2. The Kier molecular flexibility index (Phi) is 5.66. The van der Waals surface area contributed by atoms with Crippen LogP contribution in [-0.4, -0.2) is 52.8 Å². The van der Waals surface area contributed by atoms with Gasteiger partial charge in [-0.1, -0.05) is 50.5 Å². The summed E-state index contributed by atoms with van der Waals surface area (Å²) < 4.78 is 7.91. The van der Waals surface area contributed by atoms with E-state index in [4.69, 9.17) is 4.74 Å². The highest BCUT2D eigenvalue weighted by Crippen LogP contribution is 2.66. The van der Waals surface area contributed by atoms with Gasteiger partial charge in [0.05, 0.1) is 29.9 Å². The molecular weight excluding hydrogens is 476 g/mol. The summed E-state index contributed by atoms with van der Waals surface area (Å²) in [5.41, 5.74) is 7.25. The highest BCUT2D eigenvalue weighted by molar-refractivity contribution is 6.00. The summed E-state index contributed by atoms with van der Waals surface area (Å²) >= 11 is 0. The first kappa shape index (κ1) is 24.0. The quantitative estimate of drug-likeness (QED) is 0.468. The molecule has 2 aromatic carbocycles. The van der Waals surface area contributed by atoms with E-state index >= 15 is 0 Å². The third kappa shape index (κ3) is 3.56. The second-order valence-corrected chi connectivity index (χ2v) is 11.8. The molecule has 2 saturated carbocycles. The predicted octanol–water partition coefficient (Wildman–Crippen LogP) is 5.96. The number of fused-ring (bicyclic) bond motifs is 7. The van der Waals surface area contributed by atoms with Gasteiger partial charge in [0.1, 0.15) is 0 Å². The Labute approximate surface area is 223 Å². The van der Waals surface area contributed by atoms with Crippen molar-refractivity contribution in [2.45, 2.75) is 70.3 Å². The zero-order chi connectivity index (χ0) is 26.0. The highest BCUT2D eigenvalue weighted by Gasteiger charge is 2.63. The molecule has 3 fully saturated rings. The zero-order valence-corrected chi connectivity index (χ0v) is 22.2. The maximum Gasteiger partial charge on any atom is 0.335 e. The van der Waals surface area contributed by atoms with Crippen LogP contribution >= 0.6 is 0 Å². The van der Waals surface area contributed by atoms with Gasteiger partial charge in [-0.05, 0) is 60.4 Å². The SMILES string of the molecule is CCc1ccc2c(c1)C1CC1(C(=O)N1CCOCC1)Cn1c-2c(C2CCCCC2)c2ccc(C(=O)O)cc21. The molecule has 0 radical (unpaired) electrons. The normalized spacial score (nSPS) is 24.9. The third-order valence-electron chi connectivity index (χ3n) is 9.76. The van der Waals surface area contributed by atoms with Crippen LogP contribution < -0.4 is 0 Å². The van der Waals surface area contributed by atoms with Gasteiger partial charge in [-0.2, -0.15) is 0 Å². The van der Waals surface area contributed by atoms with Crippen LogP contribution in [-0.2, 0) is 22.5 Å². The molecule has 1 aromatic heterocycles. The van der Waals surface area contributed by atoms with Gasteiger partial charge in [-0.15, -0.1) is 0 Å². The van der Waals surface area contributed by atoms with E-state index in [0.717, 1.165) is 36.6 Å². The molecule has 0 bridgehead atoms. The van der Waals surface area contributed by atoms with Crippen molar-refractivity contribution < 1.29 is 19.4 Å². The van der Waals surface area contributed by atoms with Gasteiger partial charge in [-0.3, -0.25) is 4.79 Å². The van der Waals surface area contributed by atoms with E-state index in [0.29, 0.717) is 44.3 Å². The number of rotatable bonds is 4. The number of aromatic nitrogens is 1. The van der Waals surface area contributed by atoms with E-state index < -0.39 is 11.4 Å². The topological polar surface area (TPSA) is 71.8 Å². The molecule has 0 spiro atoms. The number of carbonyl (C=O) groups is 2. The molecular formula is C32H36N2O4. The highest BCUT2D eigenvalue weighted by atomic mass is 16.5. The third-order valence-corrected chi connectivity index (χ3v) is 9.76. The van der Waals surface area contributed by atoms with E-state index in [2.05, 4.69) is 29.7 Å². The minimum atomic E-state index is -0.910. The van der Waals surface area contributed by atoms with Gasteiger partial charge in [0.25, 0.3) is 0 Å². The maximum absolute atomic E-state index is 14.2. The van der Waals surface area contributed by atoms with Gasteiger partial charge >= 0.3 is 5.97 Å². The molecule has 7 rings (SSSR count). The monoisotopic (exact) mass is 512 g/mol. The molecule has 2 aliphatic heterocycles. The van der Waals surface area contributed by atoms with Gasteiger partial charge in [-0.25, -0.2) is 4.79 Å². The number of carboxylic acid groups (broad SMARTS) is 1. The Balaban J connectivity index is 1.49. The van der Waals surface area contributed by atoms with E-state index in [1.807, 2.05) is 17.0 Å². The minimum absolute atomic E-state index is 0.191. The van der Waals surface area contributed by atoms with Crippen molar-refractivity contribution in [2.75, 3.05) is 26.3 Å². The Morgan fingerprint density at radius 2 is 1.84 bits per heavy atom. The van der Waals surface area contributed by atoms with Crippen molar-refractivity contribution in [2.24, 2.45) is 5.41 Å². The zero-order valence-electron chi connectivity index (χ0n) is 22.2. The number of carbonyl (C=O) groups excluding carboxylic acids is 1. The lowest BCUT2D eigenvalue weighted by Crippen LogP contribution is -2.45. The molecule has 1 amide bonds. The Hall–Kier alpha value is -3.12. The summed E-state index contributed by atoms with van der Waals surface area (Å²) in [5.74, 6) is -0.0259. The fraction of sp³-hybridized carbons (Fsp3) is 0.500. The summed E-state index contributed by atoms with van der Waals surface area (Å²) in [4.78, 5) is 28.3. The van der Waals surface area contributed by atoms with Crippen molar-refractivity contribution in [3.05, 3.63) is 58.7 Å². The average molecular weight is 513 g/mol. The van der Waals surface area contributed by atoms with Crippen LogP contribution in [0, 0.1) is 5.41 Å². The van der Waals surface area contributed by atoms with E-state index in [9.17, 15) is 14.7 Å². The fourth-order valence-corrected chi connectivity index (χ4v) is 7.66. The smallest absolute Gasteiger partial charge is 0.335 e. The van der Waals surface area contributed by atoms with Crippen LogP contribution in [0.15, 0.2) is 36.4 Å². The first-order valence-electron chi connectivity index (χ1n) is 14.4. The van der Waals surface area contributed by atoms with Crippen LogP contribution in [0.25, 0.3) is 22.2 Å². The number of hydrogen-bond acceptors (Lipinski definition) is 3. The van der Waals surface area contributed by atoms with Gasteiger partial charge < -0.3 is 19.3 Å². The van der Waals surface area contributed by atoms with Gasteiger partial charge in [0, 0.05) is 42.0 Å². The molecule has 3 aromatic rings. The molecule has 2 atom stereocenters. The van der Waals surface area contributed by atoms with Gasteiger partial charge in [0.2, 0.25) is 5.91 Å². The Morgan fingerprint density at radius 3 is 2.58 bits per heavy atom. The number of carboxylic acids is 1. The van der Waals surface area contributed by atoms with Crippen molar-refractivity contribution in [3.63, 3.8) is 0 Å². The first-order chi connectivity index (χ1) is 18.5. The van der Waals surface area contributed by atoms with Crippen molar-refractivity contribution in [3.8, 4) is 11.3 Å². The fourth-order valence-electron chi connectivity index (χ4n) is 7.66. The Bertz CT molecular complexity index is 1440. The van der Waals surface area contributed by atoms with E-state index in [1.165, 1.54) is 47.2 Å². The number of nitrogens with zero attached hydrogens (tertiary/aromatic N) is 2. The number of amides is 1. The molecule has 4 aliphatic rings. The molecule has 1 N–H and O–H groups in total. The van der Waals surface area contributed by atoms with Crippen LogP contribution in [0.2, 0.25) is 0 Å². The molecule has 38 heavy (non-hydrogen) atoms. The van der Waals surface area contributed by atoms with E-state index in [1.54, 1.807) is 6.07 Å². The van der Waals surface area contributed by atoms with Crippen LogP contribution in [0.5, 0.6) is 0 Å². The number of ether oxygens (including phenoxy) is 1. The summed E-state index contributed by atoms with van der Waals surface area (Å²) in [6.45, 7) is 5.26. The largest absolute Gasteiger partial charge is 0.478 e. The molecule has 198 valence electrons.